The fourth-order valence-electron chi connectivity index (χ4n) is 2.91. The molecule has 3 aromatic rings. The Kier molecular flexibility index (Phi) is 7.38. The summed E-state index contributed by atoms with van der Waals surface area (Å²) in [5, 5.41) is 4.14. The van der Waals surface area contributed by atoms with Crippen LogP contribution in [0.15, 0.2) is 51.6 Å². The number of rotatable bonds is 9. The molecule has 12 heteroatoms. The van der Waals surface area contributed by atoms with E-state index in [9.17, 15) is 22.8 Å². The van der Waals surface area contributed by atoms with E-state index in [1.165, 1.54) is 50.4 Å². The summed E-state index contributed by atoms with van der Waals surface area (Å²) in [5.41, 5.74) is 0.235. The van der Waals surface area contributed by atoms with Crippen molar-refractivity contribution in [3.05, 3.63) is 63.5 Å². The van der Waals surface area contributed by atoms with Crippen LogP contribution in [0, 0.1) is 0 Å². The average molecular weight is 479 g/mol. The summed E-state index contributed by atoms with van der Waals surface area (Å²) in [7, 11) is -3.62. The summed E-state index contributed by atoms with van der Waals surface area (Å²) in [6.45, 7) is 3.59. The third-order valence-corrected chi connectivity index (χ3v) is 7.41. The van der Waals surface area contributed by atoms with Gasteiger partial charge in [0.2, 0.25) is 10.0 Å². The maximum atomic E-state index is 12.5. The minimum atomic E-state index is -3.62. The number of ether oxygens (including phenoxy) is 1. The number of fused-ring (bicyclic) bond motifs is 1. The second kappa shape index (κ2) is 10.0. The van der Waals surface area contributed by atoms with Crippen LogP contribution < -0.4 is 10.9 Å². The lowest BCUT2D eigenvalue weighted by atomic mass is 10.2. The predicted octanol–water partition coefficient (Wildman–Crippen LogP) is 1.26. The van der Waals surface area contributed by atoms with Crippen LogP contribution in [0.2, 0.25) is 0 Å². The van der Waals surface area contributed by atoms with Gasteiger partial charge in [0.05, 0.1) is 10.6 Å². The quantitative estimate of drug-likeness (QED) is 0.459. The van der Waals surface area contributed by atoms with E-state index in [1.807, 2.05) is 0 Å². The molecule has 170 valence electrons. The van der Waals surface area contributed by atoms with Crippen molar-refractivity contribution in [3.8, 4) is 0 Å². The lowest BCUT2D eigenvalue weighted by Crippen LogP contribution is -2.31. The summed E-state index contributed by atoms with van der Waals surface area (Å²) in [4.78, 5) is 40.9. The molecular formula is C20H22N4O6S2. The average Bonchev–Trinajstić information content (AvgIpc) is 3.26. The highest BCUT2D eigenvalue weighted by molar-refractivity contribution is 7.89. The second-order valence-corrected chi connectivity index (χ2v) is 9.41. The molecule has 0 saturated carbocycles. The molecule has 0 atom stereocenters. The van der Waals surface area contributed by atoms with Crippen molar-refractivity contribution >= 4 is 38.2 Å². The molecule has 0 bridgehead atoms. The van der Waals surface area contributed by atoms with Crippen LogP contribution in [0.3, 0.4) is 0 Å². The SMILES string of the molecule is CCN(CC)S(=O)(=O)c1ccc(C(=O)NCC(=O)OCc2cc(=O)n3ccsc3n2)cc1. The largest absolute Gasteiger partial charge is 0.458 e. The van der Waals surface area contributed by atoms with Crippen molar-refractivity contribution < 1.29 is 22.7 Å². The standard InChI is InChI=1S/C20H22N4O6S2/c1-3-23(4-2)32(28,29)16-7-5-14(6-8-16)19(27)21-12-18(26)30-13-15-11-17(25)24-9-10-31-20(24)22-15/h5-11H,3-4,12-13H2,1-2H3,(H,21,27). The zero-order chi connectivity index (χ0) is 23.3. The van der Waals surface area contributed by atoms with Crippen molar-refractivity contribution in [3.63, 3.8) is 0 Å². The first-order chi connectivity index (χ1) is 15.3. The van der Waals surface area contributed by atoms with Crippen LogP contribution in [-0.4, -0.2) is 53.6 Å². The summed E-state index contributed by atoms with van der Waals surface area (Å²) in [6.07, 6.45) is 1.60. The molecule has 2 heterocycles. The van der Waals surface area contributed by atoms with Gasteiger partial charge in [0.15, 0.2) is 4.96 Å². The Morgan fingerprint density at radius 2 is 1.88 bits per heavy atom. The number of nitrogens with one attached hydrogen (secondary N) is 1. The van der Waals surface area contributed by atoms with Gasteiger partial charge in [-0.3, -0.25) is 18.8 Å². The maximum absolute atomic E-state index is 12.5. The van der Waals surface area contributed by atoms with Crippen molar-refractivity contribution in [2.75, 3.05) is 19.6 Å². The number of amides is 1. The van der Waals surface area contributed by atoms with E-state index in [2.05, 4.69) is 10.3 Å². The zero-order valence-electron chi connectivity index (χ0n) is 17.5. The van der Waals surface area contributed by atoms with Crippen LogP contribution in [0.25, 0.3) is 4.96 Å². The molecule has 0 saturated heterocycles. The van der Waals surface area contributed by atoms with Gasteiger partial charge in [-0.05, 0) is 24.3 Å². The van der Waals surface area contributed by atoms with Gasteiger partial charge in [0.1, 0.15) is 13.2 Å². The van der Waals surface area contributed by atoms with Gasteiger partial charge in [-0.1, -0.05) is 13.8 Å². The number of carbonyl (C=O) groups is 2. The Morgan fingerprint density at radius 3 is 2.53 bits per heavy atom. The molecule has 1 N–H and O–H groups in total. The summed E-state index contributed by atoms with van der Waals surface area (Å²) >= 11 is 1.28. The normalized spacial score (nSPS) is 11.6. The summed E-state index contributed by atoms with van der Waals surface area (Å²) < 4.78 is 32.8. The summed E-state index contributed by atoms with van der Waals surface area (Å²) in [6, 6.07) is 6.74. The molecular weight excluding hydrogens is 456 g/mol. The molecule has 0 fully saturated rings. The highest BCUT2D eigenvalue weighted by Crippen LogP contribution is 2.16. The molecule has 0 radical (unpaired) electrons. The molecule has 0 unspecified atom stereocenters. The Labute approximate surface area is 188 Å². The number of carbonyl (C=O) groups excluding carboxylic acids is 2. The van der Waals surface area contributed by atoms with E-state index < -0.39 is 28.4 Å². The van der Waals surface area contributed by atoms with Crippen molar-refractivity contribution in [1.82, 2.24) is 19.0 Å². The predicted molar refractivity (Wildman–Crippen MR) is 118 cm³/mol. The molecule has 0 aliphatic carbocycles. The highest BCUT2D eigenvalue weighted by atomic mass is 32.2. The monoisotopic (exact) mass is 478 g/mol. The molecule has 0 aliphatic heterocycles. The van der Waals surface area contributed by atoms with Gasteiger partial charge in [0, 0.05) is 36.3 Å². The number of hydrogen-bond donors (Lipinski definition) is 1. The third kappa shape index (κ3) is 5.21. The molecule has 0 aliphatic rings. The van der Waals surface area contributed by atoms with Crippen LogP contribution in [0.1, 0.15) is 29.9 Å². The van der Waals surface area contributed by atoms with Gasteiger partial charge in [-0.2, -0.15) is 4.31 Å². The molecule has 32 heavy (non-hydrogen) atoms. The Morgan fingerprint density at radius 1 is 1.19 bits per heavy atom. The molecule has 1 amide bonds. The number of esters is 1. The zero-order valence-corrected chi connectivity index (χ0v) is 19.1. The third-order valence-electron chi connectivity index (χ3n) is 4.59. The highest BCUT2D eigenvalue weighted by Gasteiger charge is 2.21. The van der Waals surface area contributed by atoms with E-state index in [0.29, 0.717) is 23.7 Å². The van der Waals surface area contributed by atoms with Crippen molar-refractivity contribution in [1.29, 1.82) is 0 Å². The number of sulfonamides is 1. The number of aromatic nitrogens is 2. The number of thiazole rings is 1. The number of nitrogens with zero attached hydrogens (tertiary/aromatic N) is 3. The van der Waals surface area contributed by atoms with Gasteiger partial charge in [-0.15, -0.1) is 11.3 Å². The van der Waals surface area contributed by atoms with Crippen LogP contribution in [0.5, 0.6) is 0 Å². The fourth-order valence-corrected chi connectivity index (χ4v) is 5.11. The van der Waals surface area contributed by atoms with Crippen molar-refractivity contribution in [2.45, 2.75) is 25.3 Å². The van der Waals surface area contributed by atoms with Crippen LogP contribution >= 0.6 is 11.3 Å². The van der Waals surface area contributed by atoms with E-state index >= 15 is 0 Å². The van der Waals surface area contributed by atoms with Gasteiger partial charge >= 0.3 is 5.97 Å². The molecule has 1 aromatic carbocycles. The molecule has 2 aromatic heterocycles. The molecule has 0 spiro atoms. The Balaban J connectivity index is 1.54. The van der Waals surface area contributed by atoms with Crippen LogP contribution in [0.4, 0.5) is 0 Å². The van der Waals surface area contributed by atoms with Gasteiger partial charge in [-0.25, -0.2) is 13.4 Å². The lowest BCUT2D eigenvalue weighted by molar-refractivity contribution is -0.143. The van der Waals surface area contributed by atoms with Gasteiger partial charge < -0.3 is 10.1 Å². The fraction of sp³-hybridized carbons (Fsp3) is 0.300. The lowest BCUT2D eigenvalue weighted by Gasteiger charge is -2.18. The Bertz CT molecular complexity index is 1280. The van der Waals surface area contributed by atoms with Crippen LogP contribution in [-0.2, 0) is 26.2 Å². The minimum Gasteiger partial charge on any atom is -0.458 e. The first-order valence-corrected chi connectivity index (χ1v) is 12.1. The molecule has 3 rings (SSSR count). The maximum Gasteiger partial charge on any atom is 0.325 e. The first-order valence-electron chi connectivity index (χ1n) is 9.76. The molecule has 10 nitrogen and oxygen atoms in total. The second-order valence-electron chi connectivity index (χ2n) is 6.60. The van der Waals surface area contributed by atoms with E-state index in [0.717, 1.165) is 0 Å². The number of hydrogen-bond acceptors (Lipinski definition) is 8. The van der Waals surface area contributed by atoms with E-state index in [1.54, 1.807) is 25.4 Å². The first kappa shape index (κ1) is 23.6. The number of benzene rings is 1. The van der Waals surface area contributed by atoms with Gasteiger partial charge in [0.25, 0.3) is 11.5 Å². The smallest absolute Gasteiger partial charge is 0.325 e. The topological polar surface area (TPSA) is 127 Å². The Hall–Kier alpha value is -3.09. The van der Waals surface area contributed by atoms with Crippen molar-refractivity contribution in [2.24, 2.45) is 0 Å². The van der Waals surface area contributed by atoms with E-state index in [4.69, 9.17) is 4.74 Å². The summed E-state index contributed by atoms with van der Waals surface area (Å²) in [5.74, 6) is -1.25. The minimum absolute atomic E-state index is 0.0864. The van der Waals surface area contributed by atoms with E-state index in [-0.39, 0.29) is 22.6 Å².